The molecule has 0 saturated carbocycles. The lowest BCUT2D eigenvalue weighted by molar-refractivity contribution is 0.0518. The fraction of sp³-hybridized carbons (Fsp3) is 0.278. The van der Waals surface area contributed by atoms with Gasteiger partial charge < -0.3 is 15.2 Å². The number of hydrogen-bond acceptors (Lipinski definition) is 3. The van der Waals surface area contributed by atoms with E-state index in [1.165, 1.54) is 4.90 Å². The Balaban J connectivity index is 1.65. The van der Waals surface area contributed by atoms with Gasteiger partial charge in [-0.2, -0.15) is 0 Å². The van der Waals surface area contributed by atoms with Gasteiger partial charge >= 0.3 is 6.09 Å². The van der Waals surface area contributed by atoms with Crippen molar-refractivity contribution in [1.82, 2.24) is 4.90 Å². The van der Waals surface area contributed by atoms with Gasteiger partial charge in [0.25, 0.3) is 0 Å². The fourth-order valence-corrected chi connectivity index (χ4v) is 2.74. The third-order valence-electron chi connectivity index (χ3n) is 3.99. The number of carbonyl (C=O) groups is 1. The third-order valence-corrected chi connectivity index (χ3v) is 3.99. The minimum atomic E-state index is -0.920. The van der Waals surface area contributed by atoms with Crippen molar-refractivity contribution in [3.05, 3.63) is 65.7 Å². The van der Waals surface area contributed by atoms with Crippen LogP contribution < -0.4 is 5.32 Å². The van der Waals surface area contributed by atoms with E-state index in [0.717, 1.165) is 16.8 Å². The van der Waals surface area contributed by atoms with Crippen molar-refractivity contribution in [3.8, 4) is 0 Å². The largest absolute Gasteiger partial charge is 0.465 e. The summed E-state index contributed by atoms with van der Waals surface area (Å²) in [6.45, 7) is 1.76. The van der Waals surface area contributed by atoms with Gasteiger partial charge in [-0.25, -0.2) is 4.79 Å². The molecule has 0 fully saturated rings. The van der Waals surface area contributed by atoms with Crippen LogP contribution in [0.4, 0.5) is 10.5 Å². The molecule has 2 aromatic rings. The maximum atomic E-state index is 11.6. The molecule has 0 spiro atoms. The van der Waals surface area contributed by atoms with E-state index in [0.29, 0.717) is 26.3 Å². The number of fused-ring (bicyclic) bond motifs is 1. The van der Waals surface area contributed by atoms with Crippen LogP contribution in [0.2, 0.25) is 0 Å². The first-order valence-electron chi connectivity index (χ1n) is 7.67. The van der Waals surface area contributed by atoms with Gasteiger partial charge in [-0.15, -0.1) is 0 Å². The summed E-state index contributed by atoms with van der Waals surface area (Å²) in [5, 5.41) is 12.8. The zero-order valence-electron chi connectivity index (χ0n) is 12.8. The molecule has 0 bridgehead atoms. The molecule has 1 aliphatic heterocycles. The zero-order valence-corrected chi connectivity index (χ0v) is 12.8. The normalized spacial score (nSPS) is 17.0. The van der Waals surface area contributed by atoms with Crippen LogP contribution in [0.15, 0.2) is 54.6 Å². The number of rotatable bonds is 4. The van der Waals surface area contributed by atoms with Gasteiger partial charge in [-0.1, -0.05) is 48.5 Å². The molecule has 0 aromatic heterocycles. The Kier molecular flexibility index (Phi) is 4.78. The highest BCUT2D eigenvalue weighted by Crippen LogP contribution is 2.22. The van der Waals surface area contributed by atoms with Crippen molar-refractivity contribution in [2.75, 3.05) is 18.5 Å². The molecule has 120 valence electrons. The molecule has 23 heavy (non-hydrogen) atoms. The summed E-state index contributed by atoms with van der Waals surface area (Å²) in [5.41, 5.74) is 3.06. The summed E-state index contributed by atoms with van der Waals surface area (Å²) in [4.78, 5) is 13.1. The van der Waals surface area contributed by atoms with Crippen LogP contribution in [-0.4, -0.2) is 35.3 Å². The van der Waals surface area contributed by atoms with Gasteiger partial charge in [0.2, 0.25) is 0 Å². The van der Waals surface area contributed by atoms with Crippen LogP contribution in [0.5, 0.6) is 0 Å². The molecule has 3 rings (SSSR count). The second-order valence-corrected chi connectivity index (χ2v) is 5.60. The lowest BCUT2D eigenvalue weighted by atomic mass is 10.2. The monoisotopic (exact) mass is 312 g/mol. The fourth-order valence-electron chi connectivity index (χ4n) is 2.74. The summed E-state index contributed by atoms with van der Waals surface area (Å²) in [5.74, 6) is 0. The summed E-state index contributed by atoms with van der Waals surface area (Å²) in [6.07, 6.45) is -0.920. The molecule has 2 N–H and O–H groups in total. The van der Waals surface area contributed by atoms with E-state index < -0.39 is 6.09 Å². The number of anilines is 1. The lowest BCUT2D eigenvalue weighted by Crippen LogP contribution is -2.44. The maximum absolute atomic E-state index is 11.6. The Morgan fingerprint density at radius 2 is 1.91 bits per heavy atom. The average Bonchev–Trinajstić information content (AvgIpc) is 2.76. The predicted molar refractivity (Wildman–Crippen MR) is 88.4 cm³/mol. The van der Waals surface area contributed by atoms with Gasteiger partial charge in [0.05, 0.1) is 25.8 Å². The number of para-hydroxylation sites is 1. The topological polar surface area (TPSA) is 61.8 Å². The van der Waals surface area contributed by atoms with Crippen LogP contribution in [0.3, 0.4) is 0 Å². The first-order valence-corrected chi connectivity index (χ1v) is 7.67. The summed E-state index contributed by atoms with van der Waals surface area (Å²) in [7, 11) is 0. The Hall–Kier alpha value is -2.53. The molecule has 5 heteroatoms. The van der Waals surface area contributed by atoms with Crippen molar-refractivity contribution in [2.45, 2.75) is 19.2 Å². The SMILES string of the molecule is O=C(O)N1Cc2ccccc2NC[C@H]1COCc1ccccc1. The van der Waals surface area contributed by atoms with Crippen molar-refractivity contribution < 1.29 is 14.6 Å². The summed E-state index contributed by atoms with van der Waals surface area (Å²) in [6, 6.07) is 17.5. The third kappa shape index (κ3) is 3.81. The second-order valence-electron chi connectivity index (χ2n) is 5.60. The summed E-state index contributed by atoms with van der Waals surface area (Å²) >= 11 is 0. The molecule has 1 atom stereocenters. The smallest absolute Gasteiger partial charge is 0.407 e. The molecule has 0 radical (unpaired) electrons. The molecule has 0 aliphatic carbocycles. The van der Waals surface area contributed by atoms with Crippen molar-refractivity contribution >= 4 is 11.8 Å². The molecule has 2 aromatic carbocycles. The minimum absolute atomic E-state index is 0.219. The number of amides is 1. The highest BCUT2D eigenvalue weighted by Gasteiger charge is 2.27. The van der Waals surface area contributed by atoms with Crippen molar-refractivity contribution in [2.24, 2.45) is 0 Å². The lowest BCUT2D eigenvalue weighted by Gasteiger charge is -2.27. The zero-order chi connectivity index (χ0) is 16.1. The number of nitrogens with one attached hydrogen (secondary N) is 1. The molecule has 1 aliphatic rings. The first kappa shape index (κ1) is 15.4. The Bertz CT molecular complexity index is 660. The Labute approximate surface area is 135 Å². The van der Waals surface area contributed by atoms with Crippen molar-refractivity contribution in [1.29, 1.82) is 0 Å². The van der Waals surface area contributed by atoms with E-state index >= 15 is 0 Å². The van der Waals surface area contributed by atoms with Gasteiger partial charge in [0, 0.05) is 12.2 Å². The highest BCUT2D eigenvalue weighted by atomic mass is 16.5. The van der Waals surface area contributed by atoms with E-state index in [-0.39, 0.29) is 6.04 Å². The van der Waals surface area contributed by atoms with Crippen LogP contribution in [0.25, 0.3) is 0 Å². The second kappa shape index (κ2) is 7.15. The van der Waals surface area contributed by atoms with E-state index in [4.69, 9.17) is 4.74 Å². The average molecular weight is 312 g/mol. The van der Waals surface area contributed by atoms with Crippen LogP contribution in [-0.2, 0) is 17.9 Å². The molecule has 5 nitrogen and oxygen atoms in total. The number of hydrogen-bond donors (Lipinski definition) is 2. The number of ether oxygens (including phenoxy) is 1. The van der Waals surface area contributed by atoms with Crippen LogP contribution in [0, 0.1) is 0 Å². The van der Waals surface area contributed by atoms with Crippen LogP contribution in [0.1, 0.15) is 11.1 Å². The van der Waals surface area contributed by atoms with Gasteiger partial charge in [-0.05, 0) is 17.2 Å². The standard InChI is InChI=1S/C18H20N2O3/c21-18(22)20-11-15-8-4-5-9-17(15)19-10-16(20)13-23-12-14-6-2-1-3-7-14/h1-9,16,19H,10-13H2,(H,21,22)/t16-/m0/s1. The van der Waals surface area contributed by atoms with Gasteiger partial charge in [-0.3, -0.25) is 4.90 Å². The molecule has 1 heterocycles. The Morgan fingerprint density at radius 3 is 2.70 bits per heavy atom. The van der Waals surface area contributed by atoms with E-state index in [2.05, 4.69) is 5.32 Å². The summed E-state index contributed by atoms with van der Waals surface area (Å²) < 4.78 is 5.75. The predicted octanol–water partition coefficient (Wildman–Crippen LogP) is 3.18. The quantitative estimate of drug-likeness (QED) is 0.910. The van der Waals surface area contributed by atoms with E-state index in [1.807, 2.05) is 54.6 Å². The molecule has 0 saturated heterocycles. The number of benzene rings is 2. The molecular weight excluding hydrogens is 292 g/mol. The molecule has 1 amide bonds. The molecule has 0 unspecified atom stereocenters. The highest BCUT2D eigenvalue weighted by molar-refractivity contribution is 5.67. The van der Waals surface area contributed by atoms with E-state index in [9.17, 15) is 9.90 Å². The van der Waals surface area contributed by atoms with E-state index in [1.54, 1.807) is 0 Å². The number of carboxylic acid groups (broad SMARTS) is 1. The molecular formula is C18H20N2O3. The van der Waals surface area contributed by atoms with Crippen molar-refractivity contribution in [3.63, 3.8) is 0 Å². The van der Waals surface area contributed by atoms with Gasteiger partial charge in [0.15, 0.2) is 0 Å². The first-order chi connectivity index (χ1) is 11.2. The van der Waals surface area contributed by atoms with Crippen LogP contribution >= 0.6 is 0 Å². The van der Waals surface area contributed by atoms with Gasteiger partial charge in [0.1, 0.15) is 0 Å². The Morgan fingerprint density at radius 1 is 1.17 bits per heavy atom. The maximum Gasteiger partial charge on any atom is 0.407 e. The number of nitrogens with zero attached hydrogens (tertiary/aromatic N) is 1. The minimum Gasteiger partial charge on any atom is -0.465 e.